The van der Waals surface area contributed by atoms with Crippen molar-refractivity contribution in [2.45, 2.75) is 0 Å². The normalized spacial score (nSPS) is 13.9. The minimum absolute atomic E-state index is 0.148. The van der Waals surface area contributed by atoms with Crippen molar-refractivity contribution in [2.24, 2.45) is 0 Å². The number of carbonyl (C=O) groups excluding carboxylic acids is 2. The summed E-state index contributed by atoms with van der Waals surface area (Å²) < 4.78 is 4.81. The molecule has 2 amide bonds. The minimum atomic E-state index is -0.397. The molecule has 1 saturated heterocycles. The summed E-state index contributed by atoms with van der Waals surface area (Å²) >= 11 is 0. The number of hydrogen-bond acceptors (Lipinski definition) is 6. The second kappa shape index (κ2) is 9.91. The standard InChI is InChI=1S/C27H25N5O4/c1-36-27(35)32-15-13-31(14-16-32)26(34)21-17-23(19-8-10-20(33)11-9-19)28-25-24(21)22(29-30-25)12-7-18-5-3-2-4-6-18/h2-12,17,33H,13-16H2,1H3,(H,28,29,30). The van der Waals surface area contributed by atoms with Gasteiger partial charge in [0.1, 0.15) is 5.75 Å². The third-order valence-corrected chi connectivity index (χ3v) is 6.18. The highest BCUT2D eigenvalue weighted by molar-refractivity contribution is 6.09. The SMILES string of the molecule is COC(=O)N1CCN(C(=O)c2cc(-c3ccc(O)cc3)nc3[nH]nc(C=Cc4ccccc4)c23)CC1. The summed E-state index contributed by atoms with van der Waals surface area (Å²) in [5, 5.41) is 17.7. The van der Waals surface area contributed by atoms with E-state index in [2.05, 4.69) is 10.2 Å². The molecule has 1 aliphatic rings. The fourth-order valence-corrected chi connectivity index (χ4v) is 4.25. The number of fused-ring (bicyclic) bond motifs is 1. The van der Waals surface area contributed by atoms with Crippen molar-refractivity contribution >= 4 is 35.2 Å². The van der Waals surface area contributed by atoms with E-state index in [4.69, 9.17) is 9.72 Å². The van der Waals surface area contributed by atoms with Gasteiger partial charge in [0, 0.05) is 31.7 Å². The number of aromatic nitrogens is 3. The lowest BCUT2D eigenvalue weighted by atomic mass is 10.0. The van der Waals surface area contributed by atoms with Crippen LogP contribution in [-0.2, 0) is 4.74 Å². The molecule has 0 spiro atoms. The lowest BCUT2D eigenvalue weighted by Gasteiger charge is -2.34. The van der Waals surface area contributed by atoms with Crippen LogP contribution in [0.2, 0.25) is 0 Å². The molecular weight excluding hydrogens is 458 g/mol. The van der Waals surface area contributed by atoms with Gasteiger partial charge in [-0.05, 0) is 42.0 Å². The molecule has 0 unspecified atom stereocenters. The molecule has 0 atom stereocenters. The van der Waals surface area contributed by atoms with Gasteiger partial charge < -0.3 is 19.6 Å². The van der Waals surface area contributed by atoms with Gasteiger partial charge in [-0.2, -0.15) is 5.10 Å². The van der Waals surface area contributed by atoms with Crippen molar-refractivity contribution in [3.05, 3.63) is 77.5 Å². The summed E-state index contributed by atoms with van der Waals surface area (Å²) in [5.41, 5.74) is 3.92. The Hall–Kier alpha value is -4.66. The number of H-pyrrole nitrogens is 1. The zero-order valence-corrected chi connectivity index (χ0v) is 19.7. The number of ether oxygens (including phenoxy) is 1. The van der Waals surface area contributed by atoms with Crippen LogP contribution in [-0.4, -0.2) is 75.4 Å². The predicted octanol–water partition coefficient (Wildman–Crippen LogP) is 4.03. The number of methoxy groups -OCH3 is 1. The number of phenolic OH excluding ortho intramolecular Hbond substituents is 1. The van der Waals surface area contributed by atoms with E-state index in [1.165, 1.54) is 7.11 Å². The number of benzene rings is 2. The van der Waals surface area contributed by atoms with Gasteiger partial charge in [-0.25, -0.2) is 9.78 Å². The van der Waals surface area contributed by atoms with Gasteiger partial charge in [0.25, 0.3) is 5.91 Å². The number of piperazine rings is 1. The zero-order chi connectivity index (χ0) is 25.1. The molecule has 0 aliphatic carbocycles. The van der Waals surface area contributed by atoms with Crippen LogP contribution in [0.25, 0.3) is 34.4 Å². The quantitative estimate of drug-likeness (QED) is 0.453. The summed E-state index contributed by atoms with van der Waals surface area (Å²) in [6.45, 7) is 1.56. The van der Waals surface area contributed by atoms with E-state index < -0.39 is 6.09 Å². The Bertz CT molecular complexity index is 1420. The highest BCUT2D eigenvalue weighted by Crippen LogP contribution is 2.29. The molecule has 4 aromatic rings. The first-order chi connectivity index (χ1) is 17.5. The van der Waals surface area contributed by atoms with Gasteiger partial charge in [0.15, 0.2) is 5.65 Å². The maximum absolute atomic E-state index is 13.8. The molecule has 2 aromatic heterocycles. The third kappa shape index (κ3) is 4.63. The van der Waals surface area contributed by atoms with Gasteiger partial charge in [-0.15, -0.1) is 0 Å². The van der Waals surface area contributed by atoms with Gasteiger partial charge in [0.05, 0.1) is 29.4 Å². The van der Waals surface area contributed by atoms with Crippen LogP contribution < -0.4 is 0 Å². The van der Waals surface area contributed by atoms with E-state index in [9.17, 15) is 14.7 Å². The molecule has 0 saturated carbocycles. The maximum atomic E-state index is 13.8. The molecule has 1 aliphatic heterocycles. The number of amides is 2. The number of aromatic amines is 1. The third-order valence-electron chi connectivity index (χ3n) is 6.18. The van der Waals surface area contributed by atoms with Crippen molar-refractivity contribution in [3.8, 4) is 17.0 Å². The lowest BCUT2D eigenvalue weighted by molar-refractivity contribution is 0.0601. The summed E-state index contributed by atoms with van der Waals surface area (Å²) in [6, 6.07) is 18.3. The molecule has 3 heterocycles. The number of pyridine rings is 1. The largest absolute Gasteiger partial charge is 0.508 e. The topological polar surface area (TPSA) is 112 Å². The average Bonchev–Trinajstić information content (AvgIpc) is 3.34. The molecule has 1 fully saturated rings. The second-order valence-corrected chi connectivity index (χ2v) is 8.43. The van der Waals surface area contributed by atoms with E-state index in [1.807, 2.05) is 42.5 Å². The van der Waals surface area contributed by atoms with Crippen LogP contribution in [0.4, 0.5) is 4.79 Å². The first-order valence-electron chi connectivity index (χ1n) is 11.6. The van der Waals surface area contributed by atoms with Crippen molar-refractivity contribution in [1.29, 1.82) is 0 Å². The Morgan fingerprint density at radius 3 is 2.36 bits per heavy atom. The molecule has 9 nitrogen and oxygen atoms in total. The first kappa shape index (κ1) is 23.1. The molecule has 9 heteroatoms. The summed E-state index contributed by atoms with van der Waals surface area (Å²) in [4.78, 5) is 33.7. The number of rotatable bonds is 4. The molecule has 5 rings (SSSR count). The van der Waals surface area contributed by atoms with Crippen molar-refractivity contribution in [1.82, 2.24) is 25.0 Å². The Morgan fingerprint density at radius 2 is 1.67 bits per heavy atom. The molecular formula is C27H25N5O4. The fraction of sp³-hybridized carbons (Fsp3) is 0.185. The number of aromatic hydroxyl groups is 1. The number of hydrogen-bond donors (Lipinski definition) is 2. The van der Waals surface area contributed by atoms with Gasteiger partial charge in [0.2, 0.25) is 0 Å². The van der Waals surface area contributed by atoms with Crippen LogP contribution in [0.3, 0.4) is 0 Å². The van der Waals surface area contributed by atoms with Crippen molar-refractivity contribution in [3.63, 3.8) is 0 Å². The molecule has 0 radical (unpaired) electrons. The Kier molecular flexibility index (Phi) is 6.36. The van der Waals surface area contributed by atoms with E-state index in [0.717, 1.165) is 11.1 Å². The molecule has 0 bridgehead atoms. The highest BCUT2D eigenvalue weighted by atomic mass is 16.5. The zero-order valence-electron chi connectivity index (χ0n) is 19.7. The summed E-state index contributed by atoms with van der Waals surface area (Å²) in [5.74, 6) is -0.0165. The van der Waals surface area contributed by atoms with Crippen LogP contribution >= 0.6 is 0 Å². The number of phenols is 1. The molecule has 182 valence electrons. The average molecular weight is 484 g/mol. The Labute approximate surface area is 207 Å². The van der Waals surface area contributed by atoms with Gasteiger partial charge >= 0.3 is 6.09 Å². The number of nitrogens with zero attached hydrogens (tertiary/aromatic N) is 4. The number of nitrogens with one attached hydrogen (secondary N) is 1. The van der Waals surface area contributed by atoms with E-state index in [-0.39, 0.29) is 11.7 Å². The molecule has 36 heavy (non-hydrogen) atoms. The predicted molar refractivity (Wildman–Crippen MR) is 136 cm³/mol. The molecule has 2 N–H and O–H groups in total. The van der Waals surface area contributed by atoms with E-state index in [1.54, 1.807) is 40.1 Å². The lowest BCUT2D eigenvalue weighted by Crippen LogP contribution is -2.50. The van der Waals surface area contributed by atoms with E-state index in [0.29, 0.717) is 54.2 Å². The smallest absolute Gasteiger partial charge is 0.409 e. The Balaban J connectivity index is 1.55. The van der Waals surface area contributed by atoms with Crippen LogP contribution in [0.15, 0.2) is 60.7 Å². The second-order valence-electron chi connectivity index (χ2n) is 8.43. The van der Waals surface area contributed by atoms with Gasteiger partial charge in [-0.1, -0.05) is 36.4 Å². The van der Waals surface area contributed by atoms with Gasteiger partial charge in [-0.3, -0.25) is 9.89 Å². The monoisotopic (exact) mass is 483 g/mol. The fourth-order valence-electron chi connectivity index (χ4n) is 4.25. The van der Waals surface area contributed by atoms with Crippen LogP contribution in [0.1, 0.15) is 21.6 Å². The summed E-state index contributed by atoms with van der Waals surface area (Å²) in [6.07, 6.45) is 3.40. The van der Waals surface area contributed by atoms with Crippen LogP contribution in [0.5, 0.6) is 5.75 Å². The maximum Gasteiger partial charge on any atom is 0.409 e. The van der Waals surface area contributed by atoms with E-state index >= 15 is 0 Å². The highest BCUT2D eigenvalue weighted by Gasteiger charge is 2.28. The minimum Gasteiger partial charge on any atom is -0.508 e. The van der Waals surface area contributed by atoms with Crippen molar-refractivity contribution in [2.75, 3.05) is 33.3 Å². The van der Waals surface area contributed by atoms with Crippen LogP contribution in [0, 0.1) is 0 Å². The molecule has 2 aromatic carbocycles. The first-order valence-corrected chi connectivity index (χ1v) is 11.6. The van der Waals surface area contributed by atoms with Crippen molar-refractivity contribution < 1.29 is 19.4 Å². The number of carbonyl (C=O) groups is 2. The Morgan fingerprint density at radius 1 is 0.972 bits per heavy atom. The summed E-state index contributed by atoms with van der Waals surface area (Å²) in [7, 11) is 1.35.